The summed E-state index contributed by atoms with van der Waals surface area (Å²) in [5.74, 6) is -1.23. The Labute approximate surface area is 151 Å². The number of carbonyl (C=O) groups is 2. The van der Waals surface area contributed by atoms with Gasteiger partial charge in [0.15, 0.2) is 0 Å². The molecule has 0 bridgehead atoms. The number of hydrogen-bond donors (Lipinski definition) is 1. The molecule has 2 aromatic heterocycles. The van der Waals surface area contributed by atoms with E-state index in [9.17, 15) is 22.8 Å². The van der Waals surface area contributed by atoms with E-state index in [0.717, 1.165) is 21.8 Å². The maximum absolute atomic E-state index is 12.5. The first kappa shape index (κ1) is 18.3. The summed E-state index contributed by atoms with van der Waals surface area (Å²) >= 11 is 1.14. The van der Waals surface area contributed by atoms with Crippen LogP contribution in [0.25, 0.3) is 10.6 Å². The first-order valence-electron chi connectivity index (χ1n) is 7.86. The van der Waals surface area contributed by atoms with Gasteiger partial charge < -0.3 is 10.2 Å². The molecule has 0 spiro atoms. The molecule has 0 aromatic carbocycles. The van der Waals surface area contributed by atoms with E-state index in [0.29, 0.717) is 17.8 Å². The van der Waals surface area contributed by atoms with Crippen molar-refractivity contribution in [3.63, 3.8) is 0 Å². The average Bonchev–Trinajstić information content (AvgIpc) is 3.08. The van der Waals surface area contributed by atoms with E-state index in [2.05, 4.69) is 15.3 Å². The number of thiazole rings is 1. The molecule has 26 heavy (non-hydrogen) atoms. The van der Waals surface area contributed by atoms with Gasteiger partial charge in [-0.3, -0.25) is 14.6 Å². The van der Waals surface area contributed by atoms with Crippen molar-refractivity contribution in [2.45, 2.75) is 25.1 Å². The predicted molar refractivity (Wildman–Crippen MR) is 88.5 cm³/mol. The molecule has 1 atom stereocenters. The summed E-state index contributed by atoms with van der Waals surface area (Å²) in [6, 6.07) is 2.55. The number of nitrogens with zero attached hydrogens (tertiary/aromatic N) is 3. The molecule has 2 aromatic rings. The third-order valence-electron chi connectivity index (χ3n) is 3.86. The zero-order valence-corrected chi connectivity index (χ0v) is 14.3. The highest BCUT2D eigenvalue weighted by Gasteiger charge is 2.38. The molecule has 10 heteroatoms. The molecule has 1 fully saturated rings. The Hall–Kier alpha value is -2.49. The Morgan fingerprint density at radius 1 is 1.35 bits per heavy atom. The number of likely N-dealkylation sites (tertiary alicyclic amines) is 1. The Bertz CT molecular complexity index is 794. The summed E-state index contributed by atoms with van der Waals surface area (Å²) in [5.41, 5.74) is 0.800. The molecule has 6 nitrogen and oxygen atoms in total. The molecule has 0 saturated carbocycles. The highest BCUT2D eigenvalue weighted by Crippen LogP contribution is 2.25. The average molecular weight is 384 g/mol. The fraction of sp³-hybridized carbons (Fsp3) is 0.375. The number of halogens is 3. The quantitative estimate of drug-likeness (QED) is 0.879. The number of carbonyl (C=O) groups excluding carboxylic acids is 2. The lowest BCUT2D eigenvalue weighted by Crippen LogP contribution is -2.54. The van der Waals surface area contributed by atoms with Gasteiger partial charge in [0.05, 0.1) is 6.20 Å². The van der Waals surface area contributed by atoms with Crippen LogP contribution in [-0.4, -0.2) is 52.0 Å². The van der Waals surface area contributed by atoms with Gasteiger partial charge >= 0.3 is 6.18 Å². The van der Waals surface area contributed by atoms with Crippen LogP contribution in [0.3, 0.4) is 0 Å². The lowest BCUT2D eigenvalue weighted by atomic mass is 10.0. The first-order valence-corrected chi connectivity index (χ1v) is 8.68. The van der Waals surface area contributed by atoms with Crippen LogP contribution in [0.15, 0.2) is 30.7 Å². The van der Waals surface area contributed by atoms with Crippen molar-refractivity contribution in [1.29, 1.82) is 0 Å². The van der Waals surface area contributed by atoms with E-state index in [-0.39, 0.29) is 11.4 Å². The number of hydrogen-bond acceptors (Lipinski definition) is 5. The molecule has 138 valence electrons. The van der Waals surface area contributed by atoms with E-state index in [1.165, 1.54) is 6.20 Å². The molecule has 1 aliphatic rings. The number of alkyl halides is 3. The van der Waals surface area contributed by atoms with Crippen molar-refractivity contribution in [1.82, 2.24) is 20.2 Å². The first-order chi connectivity index (χ1) is 12.3. The van der Waals surface area contributed by atoms with Crippen LogP contribution >= 0.6 is 11.3 Å². The third-order valence-corrected chi connectivity index (χ3v) is 4.91. The van der Waals surface area contributed by atoms with Gasteiger partial charge in [0, 0.05) is 24.5 Å². The fourth-order valence-electron chi connectivity index (χ4n) is 2.68. The van der Waals surface area contributed by atoms with Crippen molar-refractivity contribution in [3.05, 3.63) is 35.6 Å². The Balaban J connectivity index is 1.66. The highest BCUT2D eigenvalue weighted by atomic mass is 32.1. The minimum absolute atomic E-state index is 0.0391. The topological polar surface area (TPSA) is 75.2 Å². The molecule has 0 aliphatic carbocycles. The molecular formula is C16H15F3N4O2S. The van der Waals surface area contributed by atoms with E-state index >= 15 is 0 Å². The van der Waals surface area contributed by atoms with Crippen molar-refractivity contribution >= 4 is 23.2 Å². The van der Waals surface area contributed by atoms with Crippen molar-refractivity contribution in [3.8, 4) is 10.6 Å². The second kappa shape index (κ2) is 7.40. The third kappa shape index (κ3) is 4.37. The Morgan fingerprint density at radius 2 is 2.08 bits per heavy atom. The van der Waals surface area contributed by atoms with Gasteiger partial charge in [-0.25, -0.2) is 4.98 Å². The number of aromatic nitrogens is 2. The van der Waals surface area contributed by atoms with Crippen LogP contribution < -0.4 is 5.32 Å². The smallest absolute Gasteiger partial charge is 0.339 e. The molecule has 3 heterocycles. The summed E-state index contributed by atoms with van der Waals surface area (Å²) < 4.78 is 37.6. The standard InChI is InChI=1S/C16H15F3N4O2S/c17-16(18,19)9-23-7-1-2-11(15(23)25)22-13(24)12-8-21-14(26-12)10-3-5-20-6-4-10/h3-6,8,11H,1-2,7,9H2,(H,22,24)/t11-/m1/s1. The molecule has 3 rings (SSSR count). The Kier molecular flexibility index (Phi) is 5.21. The summed E-state index contributed by atoms with van der Waals surface area (Å²) in [6.45, 7) is -1.26. The van der Waals surface area contributed by atoms with Gasteiger partial charge in [0.25, 0.3) is 5.91 Å². The summed E-state index contributed by atoms with van der Waals surface area (Å²) in [7, 11) is 0. The molecule has 2 amide bonds. The van der Waals surface area contributed by atoms with Crippen molar-refractivity contribution in [2.75, 3.05) is 13.1 Å². The number of amides is 2. The zero-order chi connectivity index (χ0) is 18.7. The maximum Gasteiger partial charge on any atom is 0.406 e. The minimum atomic E-state index is -4.46. The van der Waals surface area contributed by atoms with Gasteiger partial charge in [-0.1, -0.05) is 0 Å². The minimum Gasteiger partial charge on any atom is -0.339 e. The number of rotatable bonds is 4. The number of pyridine rings is 1. The highest BCUT2D eigenvalue weighted by molar-refractivity contribution is 7.16. The van der Waals surface area contributed by atoms with Crippen LogP contribution in [0.2, 0.25) is 0 Å². The van der Waals surface area contributed by atoms with Gasteiger partial charge in [0.1, 0.15) is 22.5 Å². The number of nitrogens with one attached hydrogen (secondary N) is 1. The van der Waals surface area contributed by atoms with E-state index in [1.807, 2.05) is 0 Å². The summed E-state index contributed by atoms with van der Waals surface area (Å²) in [6.07, 6.45) is 0.848. The summed E-state index contributed by atoms with van der Waals surface area (Å²) in [5, 5.41) is 3.14. The largest absolute Gasteiger partial charge is 0.406 e. The number of piperidine rings is 1. The predicted octanol–water partition coefficient (Wildman–Crippen LogP) is 2.49. The summed E-state index contributed by atoms with van der Waals surface area (Å²) in [4.78, 5) is 33.6. The maximum atomic E-state index is 12.5. The van der Waals surface area contributed by atoms with E-state index < -0.39 is 30.6 Å². The molecule has 0 radical (unpaired) electrons. The molecular weight excluding hydrogens is 369 g/mol. The van der Waals surface area contributed by atoms with Crippen molar-refractivity contribution < 1.29 is 22.8 Å². The Morgan fingerprint density at radius 3 is 2.77 bits per heavy atom. The van der Waals surface area contributed by atoms with Crippen LogP contribution in [0.1, 0.15) is 22.5 Å². The molecule has 1 aliphatic heterocycles. The van der Waals surface area contributed by atoms with Crippen LogP contribution in [0.4, 0.5) is 13.2 Å². The van der Waals surface area contributed by atoms with E-state index in [1.54, 1.807) is 24.5 Å². The van der Waals surface area contributed by atoms with E-state index in [4.69, 9.17) is 0 Å². The SMILES string of the molecule is O=C(N[C@@H]1CCCN(CC(F)(F)F)C1=O)c1cnc(-c2ccncc2)s1. The van der Waals surface area contributed by atoms with Crippen LogP contribution in [0, 0.1) is 0 Å². The molecule has 1 saturated heterocycles. The monoisotopic (exact) mass is 384 g/mol. The van der Waals surface area contributed by atoms with Crippen LogP contribution in [0.5, 0.6) is 0 Å². The van der Waals surface area contributed by atoms with Gasteiger partial charge in [0.2, 0.25) is 5.91 Å². The molecule has 1 N–H and O–H groups in total. The zero-order valence-electron chi connectivity index (χ0n) is 13.5. The van der Waals surface area contributed by atoms with Crippen LogP contribution in [-0.2, 0) is 4.79 Å². The van der Waals surface area contributed by atoms with Gasteiger partial charge in [-0.15, -0.1) is 11.3 Å². The molecule has 0 unspecified atom stereocenters. The second-order valence-corrected chi connectivity index (χ2v) is 6.84. The van der Waals surface area contributed by atoms with Crippen molar-refractivity contribution in [2.24, 2.45) is 0 Å². The van der Waals surface area contributed by atoms with Gasteiger partial charge in [-0.05, 0) is 25.0 Å². The normalized spacial score (nSPS) is 18.0. The lowest BCUT2D eigenvalue weighted by molar-refractivity contribution is -0.164. The van der Waals surface area contributed by atoms with Gasteiger partial charge in [-0.2, -0.15) is 13.2 Å². The fourth-order valence-corrected chi connectivity index (χ4v) is 3.51. The second-order valence-electron chi connectivity index (χ2n) is 5.81. The lowest BCUT2D eigenvalue weighted by Gasteiger charge is -2.32.